The van der Waals surface area contributed by atoms with Gasteiger partial charge in [-0.1, -0.05) is 55.5 Å². The molecule has 0 aliphatic carbocycles. The Morgan fingerprint density at radius 2 is 1.76 bits per heavy atom. The molecule has 9 heteroatoms. The Morgan fingerprint density at radius 3 is 2.39 bits per heavy atom. The number of benzene rings is 2. The van der Waals surface area contributed by atoms with E-state index in [9.17, 15) is 14.9 Å². The zero-order valence-corrected chi connectivity index (χ0v) is 18.4. The van der Waals surface area contributed by atoms with Crippen LogP contribution in [-0.2, 0) is 17.9 Å². The van der Waals surface area contributed by atoms with Gasteiger partial charge in [0, 0.05) is 23.9 Å². The van der Waals surface area contributed by atoms with Crippen LogP contribution in [0.3, 0.4) is 0 Å². The number of rotatable bonds is 8. The third-order valence-electron chi connectivity index (χ3n) is 5.36. The second-order valence-corrected chi connectivity index (χ2v) is 7.85. The first kappa shape index (κ1) is 21.9. The SMILES string of the molecule is Cc1cc([N+](=O)[O-])nn1CC(C)C(=O)NCc1cn(-c2ccccc2)nc1-c1ccccc1. The largest absolute Gasteiger partial charge is 0.390 e. The Balaban J connectivity index is 1.50. The van der Waals surface area contributed by atoms with Crippen LogP contribution in [0.25, 0.3) is 16.9 Å². The Kier molecular flexibility index (Phi) is 6.30. The molecule has 1 amide bonds. The fourth-order valence-corrected chi connectivity index (χ4v) is 3.56. The molecule has 9 nitrogen and oxygen atoms in total. The number of amides is 1. The molecule has 0 fully saturated rings. The lowest BCUT2D eigenvalue weighted by molar-refractivity contribution is -0.389. The number of carbonyl (C=O) groups is 1. The Morgan fingerprint density at radius 1 is 1.09 bits per heavy atom. The van der Waals surface area contributed by atoms with Gasteiger partial charge in [0.1, 0.15) is 0 Å². The van der Waals surface area contributed by atoms with E-state index in [2.05, 4.69) is 10.4 Å². The van der Waals surface area contributed by atoms with Crippen molar-refractivity contribution < 1.29 is 9.72 Å². The summed E-state index contributed by atoms with van der Waals surface area (Å²) in [5.41, 5.74) is 4.21. The maximum atomic E-state index is 12.8. The van der Waals surface area contributed by atoms with Gasteiger partial charge in [-0.25, -0.2) is 4.68 Å². The van der Waals surface area contributed by atoms with Crippen molar-refractivity contribution in [3.05, 3.63) is 94.3 Å². The molecular formula is C24H24N6O3. The van der Waals surface area contributed by atoms with Crippen molar-refractivity contribution in [1.82, 2.24) is 24.9 Å². The molecule has 1 atom stereocenters. The number of hydrogen-bond acceptors (Lipinski definition) is 5. The summed E-state index contributed by atoms with van der Waals surface area (Å²) in [6.45, 7) is 4.06. The number of hydrogen-bond donors (Lipinski definition) is 1. The van der Waals surface area contributed by atoms with Gasteiger partial charge in [-0.05, 0) is 24.0 Å². The molecule has 2 heterocycles. The molecule has 2 aromatic carbocycles. The lowest BCUT2D eigenvalue weighted by atomic mass is 10.1. The normalized spacial score (nSPS) is 11.8. The van der Waals surface area contributed by atoms with E-state index in [4.69, 9.17) is 5.10 Å². The number of para-hydroxylation sites is 1. The summed E-state index contributed by atoms with van der Waals surface area (Å²) in [5.74, 6) is -0.812. The number of aryl methyl sites for hydroxylation is 1. The van der Waals surface area contributed by atoms with E-state index in [0.29, 0.717) is 12.2 Å². The molecule has 0 saturated heterocycles. The van der Waals surface area contributed by atoms with Crippen LogP contribution in [0.5, 0.6) is 0 Å². The zero-order valence-electron chi connectivity index (χ0n) is 18.4. The smallest absolute Gasteiger partial charge is 0.358 e. The highest BCUT2D eigenvalue weighted by atomic mass is 16.6. The van der Waals surface area contributed by atoms with Crippen molar-refractivity contribution in [3.8, 4) is 16.9 Å². The van der Waals surface area contributed by atoms with E-state index in [0.717, 1.165) is 22.5 Å². The molecule has 0 aliphatic heterocycles. The maximum Gasteiger partial charge on any atom is 0.390 e. The van der Waals surface area contributed by atoms with E-state index >= 15 is 0 Å². The minimum atomic E-state index is -0.538. The first-order valence-corrected chi connectivity index (χ1v) is 10.6. The molecule has 33 heavy (non-hydrogen) atoms. The Hall–Kier alpha value is -4.27. The number of nitro groups is 1. The van der Waals surface area contributed by atoms with Crippen LogP contribution < -0.4 is 5.32 Å². The predicted octanol–water partition coefficient (Wildman–Crippen LogP) is 3.90. The lowest BCUT2D eigenvalue weighted by Crippen LogP contribution is -2.31. The molecule has 0 saturated carbocycles. The maximum absolute atomic E-state index is 12.8. The van der Waals surface area contributed by atoms with Gasteiger partial charge in [0.15, 0.2) is 0 Å². The van der Waals surface area contributed by atoms with Crippen LogP contribution in [0.4, 0.5) is 5.82 Å². The average Bonchev–Trinajstić information content (AvgIpc) is 3.42. The van der Waals surface area contributed by atoms with Crippen LogP contribution in [0.1, 0.15) is 18.2 Å². The second kappa shape index (κ2) is 9.47. The highest BCUT2D eigenvalue weighted by Gasteiger charge is 2.21. The molecule has 1 unspecified atom stereocenters. The molecule has 4 rings (SSSR count). The number of aromatic nitrogens is 4. The monoisotopic (exact) mass is 444 g/mol. The van der Waals surface area contributed by atoms with Crippen LogP contribution >= 0.6 is 0 Å². The number of nitrogens with zero attached hydrogens (tertiary/aromatic N) is 5. The summed E-state index contributed by atoms with van der Waals surface area (Å²) in [7, 11) is 0. The minimum Gasteiger partial charge on any atom is -0.358 e. The van der Waals surface area contributed by atoms with E-state index in [1.165, 1.54) is 10.7 Å². The van der Waals surface area contributed by atoms with Gasteiger partial charge in [0.2, 0.25) is 5.91 Å². The van der Waals surface area contributed by atoms with Crippen molar-refractivity contribution in [2.75, 3.05) is 0 Å². The minimum absolute atomic E-state index is 0.168. The van der Waals surface area contributed by atoms with Crippen molar-refractivity contribution in [1.29, 1.82) is 0 Å². The van der Waals surface area contributed by atoms with Crippen molar-refractivity contribution in [2.45, 2.75) is 26.9 Å². The predicted molar refractivity (Wildman–Crippen MR) is 124 cm³/mol. The fourth-order valence-electron chi connectivity index (χ4n) is 3.56. The van der Waals surface area contributed by atoms with Gasteiger partial charge in [-0.15, -0.1) is 0 Å². The van der Waals surface area contributed by atoms with Gasteiger partial charge in [-0.2, -0.15) is 9.78 Å². The van der Waals surface area contributed by atoms with E-state index < -0.39 is 10.8 Å². The standard InChI is InChI=1S/C24H24N6O3/c1-17(15-28-18(2)13-22(26-28)30(32)33)24(31)25-14-20-16-29(21-11-7-4-8-12-21)27-23(20)19-9-5-3-6-10-19/h3-13,16-17H,14-15H2,1-2H3,(H,25,31). The summed E-state index contributed by atoms with van der Waals surface area (Å²) < 4.78 is 3.30. The number of carbonyl (C=O) groups excluding carboxylic acids is 1. The molecular weight excluding hydrogens is 420 g/mol. The van der Waals surface area contributed by atoms with E-state index in [1.807, 2.05) is 66.9 Å². The van der Waals surface area contributed by atoms with Gasteiger partial charge >= 0.3 is 5.82 Å². The van der Waals surface area contributed by atoms with Gasteiger partial charge in [0.05, 0.1) is 40.7 Å². The topological polar surface area (TPSA) is 108 Å². The first-order valence-electron chi connectivity index (χ1n) is 10.6. The lowest BCUT2D eigenvalue weighted by Gasteiger charge is -2.11. The summed E-state index contributed by atoms with van der Waals surface area (Å²) >= 11 is 0. The fraction of sp³-hybridized carbons (Fsp3) is 0.208. The van der Waals surface area contributed by atoms with Crippen molar-refractivity contribution >= 4 is 11.7 Å². The third-order valence-corrected chi connectivity index (χ3v) is 5.36. The molecule has 4 aromatic rings. The van der Waals surface area contributed by atoms with Crippen LogP contribution in [0.2, 0.25) is 0 Å². The van der Waals surface area contributed by atoms with Crippen LogP contribution in [0, 0.1) is 23.0 Å². The molecule has 0 spiro atoms. The molecule has 1 N–H and O–H groups in total. The average molecular weight is 444 g/mol. The molecule has 0 bridgehead atoms. The van der Waals surface area contributed by atoms with E-state index in [-0.39, 0.29) is 18.3 Å². The highest BCUT2D eigenvalue weighted by molar-refractivity contribution is 5.78. The quantitative estimate of drug-likeness (QED) is 0.327. The van der Waals surface area contributed by atoms with Gasteiger partial charge < -0.3 is 15.4 Å². The zero-order chi connectivity index (χ0) is 23.4. The number of nitrogens with one attached hydrogen (secondary N) is 1. The second-order valence-electron chi connectivity index (χ2n) is 7.85. The molecule has 2 aromatic heterocycles. The summed E-state index contributed by atoms with van der Waals surface area (Å²) in [5, 5.41) is 22.6. The van der Waals surface area contributed by atoms with Crippen molar-refractivity contribution in [2.24, 2.45) is 5.92 Å². The molecule has 0 radical (unpaired) electrons. The van der Waals surface area contributed by atoms with Crippen LogP contribution in [-0.4, -0.2) is 30.4 Å². The van der Waals surface area contributed by atoms with Crippen molar-refractivity contribution in [3.63, 3.8) is 0 Å². The van der Waals surface area contributed by atoms with E-state index in [1.54, 1.807) is 18.5 Å². The van der Waals surface area contributed by atoms with Gasteiger partial charge in [0.25, 0.3) is 0 Å². The van der Waals surface area contributed by atoms with Crippen LogP contribution in [0.15, 0.2) is 72.9 Å². The first-order chi connectivity index (χ1) is 15.9. The summed E-state index contributed by atoms with van der Waals surface area (Å²) in [4.78, 5) is 23.2. The third kappa shape index (κ3) is 4.98. The Bertz CT molecular complexity index is 1260. The summed E-state index contributed by atoms with van der Waals surface area (Å²) in [6.07, 6.45) is 1.92. The highest BCUT2D eigenvalue weighted by Crippen LogP contribution is 2.23. The summed E-state index contributed by atoms with van der Waals surface area (Å²) in [6, 6.07) is 21.0. The molecule has 168 valence electrons. The molecule has 0 aliphatic rings. The Labute approximate surface area is 190 Å². The van der Waals surface area contributed by atoms with Gasteiger partial charge in [-0.3, -0.25) is 4.79 Å².